The van der Waals surface area contributed by atoms with E-state index in [9.17, 15) is 23.2 Å². The summed E-state index contributed by atoms with van der Waals surface area (Å²) >= 11 is -1.41. The van der Waals surface area contributed by atoms with E-state index in [0.29, 0.717) is 23.0 Å². The molecule has 1 aliphatic rings. The van der Waals surface area contributed by atoms with Crippen molar-refractivity contribution in [3.8, 4) is 0 Å². The number of hydrogen-bond donors (Lipinski definition) is 1. The van der Waals surface area contributed by atoms with Gasteiger partial charge in [0.05, 0.1) is 23.0 Å². The van der Waals surface area contributed by atoms with Crippen LogP contribution in [0.15, 0.2) is 41.4 Å². The topological polar surface area (TPSA) is 78.2 Å². The number of pyridine rings is 1. The van der Waals surface area contributed by atoms with Crippen LogP contribution in [0.5, 0.6) is 0 Å². The molecule has 3 aromatic rings. The minimum atomic E-state index is -3.00. The van der Waals surface area contributed by atoms with Crippen molar-refractivity contribution in [2.24, 2.45) is 0 Å². The van der Waals surface area contributed by atoms with Gasteiger partial charge < -0.3 is 14.2 Å². The summed E-state index contributed by atoms with van der Waals surface area (Å²) in [5.41, 5.74) is 3.38. The van der Waals surface area contributed by atoms with Gasteiger partial charge in [-0.05, 0) is 47.9 Å². The average Bonchev–Trinajstić information content (AvgIpc) is 2.91. The Morgan fingerprint density at radius 2 is 2.18 bits per heavy atom. The first kappa shape index (κ1) is 18.9. The highest BCUT2D eigenvalue weighted by Gasteiger charge is 2.43. The molecule has 4 rings (SSSR count). The molecule has 3 heterocycles. The number of carbonyl (C=O) groups is 1. The van der Waals surface area contributed by atoms with Crippen LogP contribution < -0.4 is 0 Å². The van der Waals surface area contributed by atoms with Crippen molar-refractivity contribution in [3.05, 3.63) is 58.9 Å². The fourth-order valence-electron chi connectivity index (χ4n) is 3.75. The molecule has 1 aliphatic heterocycles. The molecule has 1 aromatic carbocycles. The lowest BCUT2D eigenvalue weighted by atomic mass is 9.98. The van der Waals surface area contributed by atoms with Gasteiger partial charge in [-0.25, -0.2) is 8.78 Å². The van der Waals surface area contributed by atoms with Crippen molar-refractivity contribution < 1.29 is 23.2 Å². The highest BCUT2D eigenvalue weighted by atomic mass is 32.2. The van der Waals surface area contributed by atoms with E-state index >= 15 is 0 Å². The number of hydrogen-bond acceptors (Lipinski definition) is 3. The normalized spacial score (nSPS) is 18.2. The van der Waals surface area contributed by atoms with Crippen LogP contribution in [0.4, 0.5) is 8.78 Å². The number of fused-ring (bicyclic) bond motifs is 2. The van der Waals surface area contributed by atoms with E-state index in [1.165, 1.54) is 12.1 Å². The summed E-state index contributed by atoms with van der Waals surface area (Å²) in [6.45, 7) is 1.61. The minimum Gasteiger partial charge on any atom is -0.611 e. The second-order valence-electron chi connectivity index (χ2n) is 6.93. The third-order valence-electron chi connectivity index (χ3n) is 5.16. The monoisotopic (exact) mass is 404 g/mol. The van der Waals surface area contributed by atoms with Crippen molar-refractivity contribution in [2.75, 3.05) is 5.75 Å². The van der Waals surface area contributed by atoms with Crippen LogP contribution in [0.3, 0.4) is 0 Å². The third-order valence-corrected chi connectivity index (χ3v) is 6.59. The molecule has 0 amide bonds. The number of aromatic nitrogens is 2. The smallest absolute Gasteiger partial charge is 0.323 e. The highest BCUT2D eigenvalue weighted by Crippen LogP contribution is 2.42. The molecule has 0 saturated heterocycles. The molecule has 0 saturated carbocycles. The average molecular weight is 404 g/mol. The summed E-state index contributed by atoms with van der Waals surface area (Å²) in [6, 6.07) is 8.19. The molecule has 0 spiro atoms. The molecule has 1 N–H and O–H groups in total. The van der Waals surface area contributed by atoms with Gasteiger partial charge in [0.2, 0.25) is 0 Å². The molecule has 28 heavy (non-hydrogen) atoms. The molecular formula is C20H18F2N2O3S. The van der Waals surface area contributed by atoms with Crippen molar-refractivity contribution in [3.63, 3.8) is 0 Å². The van der Waals surface area contributed by atoms with Gasteiger partial charge in [0.1, 0.15) is 12.3 Å². The quantitative estimate of drug-likeness (QED) is 0.674. The first-order valence-electron chi connectivity index (χ1n) is 8.82. The Balaban J connectivity index is 1.79. The largest absolute Gasteiger partial charge is 0.611 e. The molecule has 2 aromatic heterocycles. The van der Waals surface area contributed by atoms with E-state index in [0.717, 1.165) is 11.3 Å². The van der Waals surface area contributed by atoms with Crippen molar-refractivity contribution in [2.45, 2.75) is 37.1 Å². The van der Waals surface area contributed by atoms with Crippen LogP contribution in [-0.4, -0.2) is 30.9 Å². The molecule has 8 heteroatoms. The van der Waals surface area contributed by atoms with Crippen LogP contribution in [0.2, 0.25) is 0 Å². The lowest BCUT2D eigenvalue weighted by molar-refractivity contribution is -0.137. The summed E-state index contributed by atoms with van der Waals surface area (Å²) in [4.78, 5) is 15.8. The number of nitrogens with zero attached hydrogens (tertiary/aromatic N) is 2. The summed E-state index contributed by atoms with van der Waals surface area (Å²) in [7, 11) is 0. The fourth-order valence-corrected chi connectivity index (χ4v) is 5.09. The van der Waals surface area contributed by atoms with E-state index in [4.69, 9.17) is 0 Å². The van der Waals surface area contributed by atoms with Crippen molar-refractivity contribution >= 4 is 28.2 Å². The number of aliphatic carboxylic acids is 1. The van der Waals surface area contributed by atoms with E-state index in [2.05, 4.69) is 4.98 Å². The van der Waals surface area contributed by atoms with Crippen molar-refractivity contribution in [1.82, 2.24) is 9.55 Å². The van der Waals surface area contributed by atoms with Gasteiger partial charge in [-0.3, -0.25) is 9.78 Å². The molecule has 0 aliphatic carbocycles. The van der Waals surface area contributed by atoms with Crippen molar-refractivity contribution in [1.29, 1.82) is 0 Å². The van der Waals surface area contributed by atoms with E-state index in [1.807, 2.05) is 6.92 Å². The lowest BCUT2D eigenvalue weighted by Gasteiger charge is -2.26. The summed E-state index contributed by atoms with van der Waals surface area (Å²) in [5, 5.41) is 9.21. The number of halogens is 2. The molecule has 1 unspecified atom stereocenters. The Kier molecular flexibility index (Phi) is 4.63. The summed E-state index contributed by atoms with van der Waals surface area (Å²) in [6.07, 6.45) is 1.54. The second-order valence-corrected chi connectivity index (χ2v) is 8.47. The first-order chi connectivity index (χ1) is 13.3. The molecule has 146 valence electrons. The fraction of sp³-hybridized carbons (Fsp3) is 0.300. The number of rotatable bonds is 4. The van der Waals surface area contributed by atoms with E-state index < -0.39 is 29.5 Å². The zero-order valence-electron chi connectivity index (χ0n) is 15.1. The van der Waals surface area contributed by atoms with Crippen LogP contribution >= 0.6 is 0 Å². The number of benzene rings is 1. The molecule has 0 fully saturated rings. The van der Waals surface area contributed by atoms with Gasteiger partial charge in [0.25, 0.3) is 5.92 Å². The number of carboxylic acid groups (broad SMARTS) is 1. The zero-order chi connectivity index (χ0) is 20.1. The van der Waals surface area contributed by atoms with Crippen LogP contribution in [-0.2, 0) is 34.9 Å². The van der Waals surface area contributed by atoms with Gasteiger partial charge >= 0.3 is 5.97 Å². The SMILES string of the molecule is Cc1c(Cc2ccc3c(c2)C(F)(F)CC[S+]3[O-])c2ncccc2n1CC(=O)O. The molecule has 0 bridgehead atoms. The maximum absolute atomic E-state index is 14.4. The molecule has 0 radical (unpaired) electrons. The van der Waals surface area contributed by atoms with Gasteiger partial charge in [-0.15, -0.1) is 0 Å². The third kappa shape index (κ3) is 3.16. The molecule has 5 nitrogen and oxygen atoms in total. The zero-order valence-corrected chi connectivity index (χ0v) is 15.9. The van der Waals surface area contributed by atoms with Gasteiger partial charge in [0, 0.05) is 23.9 Å². The lowest BCUT2D eigenvalue weighted by Crippen LogP contribution is -2.28. The highest BCUT2D eigenvalue weighted by molar-refractivity contribution is 7.91. The summed E-state index contributed by atoms with van der Waals surface area (Å²) < 4.78 is 42.5. The Labute approximate surface area is 163 Å². The van der Waals surface area contributed by atoms with E-state index in [1.54, 1.807) is 29.0 Å². The molecular weight excluding hydrogens is 386 g/mol. The minimum absolute atomic E-state index is 0.0367. The first-order valence-corrected chi connectivity index (χ1v) is 10.1. The maximum atomic E-state index is 14.4. The van der Waals surface area contributed by atoms with Gasteiger partial charge in [-0.1, -0.05) is 6.07 Å². The Bertz CT molecular complexity index is 1080. The standard InChI is InChI=1S/C20H18F2N2O3S/c1-12-14(19-16(3-2-7-23-19)24(12)11-18(25)26)9-13-4-5-17-15(10-13)20(21,22)6-8-28(17)27/h2-5,7,10H,6,8-9,11H2,1H3,(H,25,26). The van der Waals surface area contributed by atoms with Crippen LogP contribution in [0.1, 0.15) is 28.8 Å². The Morgan fingerprint density at radius 1 is 1.39 bits per heavy atom. The Hall–Kier alpha value is -2.45. The maximum Gasteiger partial charge on any atom is 0.323 e. The van der Waals surface area contributed by atoms with Gasteiger partial charge in [-0.2, -0.15) is 0 Å². The van der Waals surface area contributed by atoms with Crippen LogP contribution in [0, 0.1) is 6.92 Å². The number of alkyl halides is 2. The van der Waals surface area contributed by atoms with Gasteiger partial charge in [0.15, 0.2) is 4.90 Å². The number of carboxylic acids is 1. The molecule has 1 atom stereocenters. The van der Waals surface area contributed by atoms with E-state index in [-0.39, 0.29) is 22.8 Å². The predicted octanol–water partition coefficient (Wildman–Crippen LogP) is 3.62. The second kappa shape index (κ2) is 6.86. The predicted molar refractivity (Wildman–Crippen MR) is 101 cm³/mol. The Morgan fingerprint density at radius 3 is 2.93 bits per heavy atom. The van der Waals surface area contributed by atoms with Crippen LogP contribution in [0.25, 0.3) is 11.0 Å². The summed E-state index contributed by atoms with van der Waals surface area (Å²) in [5.74, 6) is -4.00.